The quantitative estimate of drug-likeness (QED) is 0.391. The topological polar surface area (TPSA) is 80.8 Å². The number of hydrogen-bond donors (Lipinski definition) is 2. The molecular formula is C25H23NO5. The van der Waals surface area contributed by atoms with Gasteiger partial charge in [-0.15, -0.1) is 0 Å². The maximum Gasteiger partial charge on any atom is 0.515 e. The molecule has 0 fully saturated rings. The Kier molecular flexibility index (Phi) is 6.19. The number of aliphatic hydroxyl groups is 1. The van der Waals surface area contributed by atoms with Gasteiger partial charge < -0.3 is 24.3 Å². The highest BCUT2D eigenvalue weighted by atomic mass is 16.7. The predicted molar refractivity (Wildman–Crippen MR) is 118 cm³/mol. The molecular weight excluding hydrogens is 394 g/mol. The molecule has 6 nitrogen and oxygen atoms in total. The van der Waals surface area contributed by atoms with Crippen LogP contribution in [-0.4, -0.2) is 22.9 Å². The van der Waals surface area contributed by atoms with Gasteiger partial charge in [-0.05, 0) is 35.7 Å². The number of nitrogens with one attached hydrogen (secondary N) is 1. The second-order valence-corrected chi connectivity index (χ2v) is 6.95. The van der Waals surface area contributed by atoms with Crippen molar-refractivity contribution in [3.8, 4) is 22.8 Å². The average molecular weight is 417 g/mol. The molecule has 2 N–H and O–H groups in total. The van der Waals surface area contributed by atoms with Gasteiger partial charge in [0.05, 0.1) is 24.3 Å². The van der Waals surface area contributed by atoms with Gasteiger partial charge in [0.25, 0.3) is 0 Å². The number of benzene rings is 3. The number of hydrogen-bond acceptors (Lipinski definition) is 5. The van der Waals surface area contributed by atoms with Crippen molar-refractivity contribution in [3.63, 3.8) is 0 Å². The Hall–Kier alpha value is -3.77. The van der Waals surface area contributed by atoms with Crippen LogP contribution in [0.3, 0.4) is 0 Å². The average Bonchev–Trinajstić information content (AvgIpc) is 3.15. The summed E-state index contributed by atoms with van der Waals surface area (Å²) < 4.78 is 16.3. The number of H-pyrrole nitrogens is 1. The lowest BCUT2D eigenvalue weighted by atomic mass is 10.0. The third-order valence-electron chi connectivity index (χ3n) is 4.86. The van der Waals surface area contributed by atoms with E-state index >= 15 is 0 Å². The number of ether oxygens (including phenoxy) is 3. The minimum absolute atomic E-state index is 0.0392. The summed E-state index contributed by atoms with van der Waals surface area (Å²) in [5, 5.41) is 10.2. The van der Waals surface area contributed by atoms with Gasteiger partial charge in [-0.2, -0.15) is 0 Å². The van der Waals surface area contributed by atoms with E-state index in [-0.39, 0.29) is 13.2 Å². The zero-order valence-corrected chi connectivity index (χ0v) is 17.1. The molecule has 3 aromatic carbocycles. The first-order valence-corrected chi connectivity index (χ1v) is 10.0. The highest BCUT2D eigenvalue weighted by molar-refractivity contribution is 6.00. The zero-order valence-electron chi connectivity index (χ0n) is 17.1. The van der Waals surface area contributed by atoms with Crippen molar-refractivity contribution in [3.05, 3.63) is 83.9 Å². The highest BCUT2D eigenvalue weighted by Gasteiger charge is 2.19. The molecule has 0 saturated heterocycles. The van der Waals surface area contributed by atoms with Crippen LogP contribution in [0, 0.1) is 0 Å². The van der Waals surface area contributed by atoms with Crippen molar-refractivity contribution >= 4 is 17.1 Å². The van der Waals surface area contributed by atoms with E-state index in [1.165, 1.54) is 0 Å². The smallest absolute Gasteiger partial charge is 0.489 e. The number of carbonyl (C=O) groups excluding carboxylic acids is 1. The SMILES string of the molecule is CCOC(=O)Oc1[nH]c2cc(OCc3ccccc3)ccc2c1-c1ccc(CO)cc1. The van der Waals surface area contributed by atoms with Gasteiger partial charge in [-0.25, -0.2) is 4.79 Å². The van der Waals surface area contributed by atoms with E-state index in [1.54, 1.807) is 6.92 Å². The summed E-state index contributed by atoms with van der Waals surface area (Å²) in [6, 6.07) is 23.0. The Morgan fingerprint density at radius 1 is 0.968 bits per heavy atom. The summed E-state index contributed by atoms with van der Waals surface area (Å²) in [6.45, 7) is 2.35. The molecule has 0 saturated carbocycles. The van der Waals surface area contributed by atoms with E-state index in [4.69, 9.17) is 14.2 Å². The van der Waals surface area contributed by atoms with Crippen molar-refractivity contribution in [2.45, 2.75) is 20.1 Å². The fourth-order valence-corrected chi connectivity index (χ4v) is 3.35. The molecule has 0 bridgehead atoms. The summed E-state index contributed by atoms with van der Waals surface area (Å²) in [5.74, 6) is 0.993. The van der Waals surface area contributed by atoms with Gasteiger partial charge in [-0.1, -0.05) is 54.6 Å². The van der Waals surface area contributed by atoms with Crippen LogP contribution >= 0.6 is 0 Å². The Morgan fingerprint density at radius 2 is 1.74 bits per heavy atom. The number of aromatic amines is 1. The lowest BCUT2D eigenvalue weighted by Gasteiger charge is -2.07. The largest absolute Gasteiger partial charge is 0.515 e. The van der Waals surface area contributed by atoms with Gasteiger partial charge in [0.15, 0.2) is 0 Å². The third-order valence-corrected chi connectivity index (χ3v) is 4.86. The Morgan fingerprint density at radius 3 is 2.45 bits per heavy atom. The van der Waals surface area contributed by atoms with Crippen molar-refractivity contribution in [1.29, 1.82) is 0 Å². The molecule has 0 unspecified atom stereocenters. The van der Waals surface area contributed by atoms with Crippen LogP contribution in [0.1, 0.15) is 18.1 Å². The van der Waals surface area contributed by atoms with E-state index in [1.807, 2.05) is 72.8 Å². The molecule has 0 spiro atoms. The van der Waals surface area contributed by atoms with Gasteiger partial charge in [0, 0.05) is 11.5 Å². The Labute approximate surface area is 180 Å². The maximum absolute atomic E-state index is 12.0. The minimum atomic E-state index is -0.775. The van der Waals surface area contributed by atoms with Crippen LogP contribution in [0.25, 0.3) is 22.0 Å². The van der Waals surface area contributed by atoms with Gasteiger partial charge in [-0.3, -0.25) is 0 Å². The second-order valence-electron chi connectivity index (χ2n) is 6.95. The van der Waals surface area contributed by atoms with E-state index in [0.717, 1.165) is 33.2 Å². The van der Waals surface area contributed by atoms with E-state index in [9.17, 15) is 9.90 Å². The van der Waals surface area contributed by atoms with Crippen LogP contribution in [0.5, 0.6) is 11.6 Å². The molecule has 1 aromatic heterocycles. The molecule has 0 radical (unpaired) electrons. The van der Waals surface area contributed by atoms with E-state index < -0.39 is 6.16 Å². The number of carbonyl (C=O) groups is 1. The molecule has 0 atom stereocenters. The van der Waals surface area contributed by atoms with Crippen LogP contribution in [0.15, 0.2) is 72.8 Å². The number of fused-ring (bicyclic) bond motifs is 1. The Bertz CT molecular complexity index is 1170. The first-order chi connectivity index (χ1) is 15.2. The summed E-state index contributed by atoms with van der Waals surface area (Å²) in [7, 11) is 0. The van der Waals surface area contributed by atoms with E-state index in [0.29, 0.717) is 18.2 Å². The molecule has 6 heteroatoms. The summed E-state index contributed by atoms with van der Waals surface area (Å²) in [4.78, 5) is 15.1. The molecule has 4 rings (SSSR count). The monoisotopic (exact) mass is 417 g/mol. The normalized spacial score (nSPS) is 10.8. The first-order valence-electron chi connectivity index (χ1n) is 10.0. The molecule has 0 aliphatic carbocycles. The van der Waals surface area contributed by atoms with Crippen LogP contribution < -0.4 is 9.47 Å². The van der Waals surface area contributed by atoms with Crippen molar-refractivity contribution in [1.82, 2.24) is 4.98 Å². The number of aromatic nitrogens is 1. The van der Waals surface area contributed by atoms with Crippen molar-refractivity contribution < 1.29 is 24.1 Å². The van der Waals surface area contributed by atoms with Crippen LogP contribution in [0.4, 0.5) is 4.79 Å². The lowest BCUT2D eigenvalue weighted by Crippen LogP contribution is -2.10. The zero-order chi connectivity index (χ0) is 21.6. The van der Waals surface area contributed by atoms with Crippen molar-refractivity contribution in [2.24, 2.45) is 0 Å². The van der Waals surface area contributed by atoms with Gasteiger partial charge >= 0.3 is 6.16 Å². The predicted octanol–water partition coefficient (Wildman–Crippen LogP) is 5.44. The molecule has 4 aromatic rings. The fraction of sp³-hybridized carbons (Fsp3) is 0.160. The summed E-state index contributed by atoms with van der Waals surface area (Å²) in [5.41, 5.74) is 4.23. The Balaban J connectivity index is 1.69. The van der Waals surface area contributed by atoms with Crippen molar-refractivity contribution in [2.75, 3.05) is 6.61 Å². The third kappa shape index (κ3) is 4.70. The summed E-state index contributed by atoms with van der Waals surface area (Å²) in [6.07, 6.45) is -0.775. The standard InChI is InChI=1S/C25H23NO5/c1-2-29-25(28)31-24-23(19-10-8-17(15-27)9-11-19)21-13-12-20(14-22(21)26-24)30-16-18-6-4-3-5-7-18/h3-14,26-27H,2,15-16H2,1H3. The lowest BCUT2D eigenvalue weighted by molar-refractivity contribution is 0.103. The fourth-order valence-electron chi connectivity index (χ4n) is 3.35. The molecule has 1 heterocycles. The minimum Gasteiger partial charge on any atom is -0.489 e. The number of aliphatic hydroxyl groups excluding tert-OH is 1. The summed E-state index contributed by atoms with van der Waals surface area (Å²) >= 11 is 0. The first kappa shape index (κ1) is 20.5. The molecule has 31 heavy (non-hydrogen) atoms. The molecule has 0 amide bonds. The molecule has 158 valence electrons. The second kappa shape index (κ2) is 9.36. The van der Waals surface area contributed by atoms with E-state index in [2.05, 4.69) is 4.98 Å². The molecule has 0 aliphatic rings. The molecule has 0 aliphatic heterocycles. The number of rotatable bonds is 7. The van der Waals surface area contributed by atoms with Crippen LogP contribution in [0.2, 0.25) is 0 Å². The van der Waals surface area contributed by atoms with Crippen LogP contribution in [-0.2, 0) is 18.0 Å². The highest BCUT2D eigenvalue weighted by Crippen LogP contribution is 2.39. The maximum atomic E-state index is 12.0. The van der Waals surface area contributed by atoms with Gasteiger partial charge in [0.1, 0.15) is 12.4 Å². The van der Waals surface area contributed by atoms with Gasteiger partial charge in [0.2, 0.25) is 5.88 Å².